The van der Waals surface area contributed by atoms with Gasteiger partial charge in [-0.3, -0.25) is 4.57 Å². The van der Waals surface area contributed by atoms with Gasteiger partial charge in [-0.2, -0.15) is 9.97 Å². The molecule has 5 atom stereocenters. The third-order valence-corrected chi connectivity index (χ3v) is 5.67. The molecule has 0 radical (unpaired) electrons. The lowest BCUT2D eigenvalue weighted by atomic mass is 10.1. The van der Waals surface area contributed by atoms with Crippen LogP contribution in [-0.4, -0.2) is 59.8 Å². The molecule has 5 rings (SSSR count). The van der Waals surface area contributed by atoms with Crippen LogP contribution in [0.5, 0.6) is 0 Å². The van der Waals surface area contributed by atoms with Crippen molar-refractivity contribution in [3.05, 3.63) is 41.7 Å². The van der Waals surface area contributed by atoms with Crippen LogP contribution < -0.4 is 11.1 Å². The Balaban J connectivity index is 1.51. The van der Waals surface area contributed by atoms with Gasteiger partial charge in [0.25, 0.3) is 0 Å². The molecule has 10 heteroatoms. The fourth-order valence-electron chi connectivity index (χ4n) is 4.20. The number of aliphatic hydroxyl groups is 3. The van der Waals surface area contributed by atoms with Crippen molar-refractivity contribution in [2.75, 3.05) is 17.7 Å². The highest BCUT2D eigenvalue weighted by molar-refractivity contribution is 5.84. The van der Waals surface area contributed by atoms with Crippen LogP contribution in [0.3, 0.4) is 0 Å². The van der Waals surface area contributed by atoms with Crippen LogP contribution >= 0.6 is 0 Å². The summed E-state index contributed by atoms with van der Waals surface area (Å²) < 4.78 is 7.10. The van der Waals surface area contributed by atoms with Crippen molar-refractivity contribution in [1.82, 2.24) is 19.5 Å². The Hall–Kier alpha value is -2.79. The molecule has 29 heavy (non-hydrogen) atoms. The number of nitrogens with one attached hydrogen (secondary N) is 1. The monoisotopic (exact) mass is 398 g/mol. The third kappa shape index (κ3) is 2.92. The number of aromatic nitrogens is 4. The molecule has 0 unspecified atom stereocenters. The van der Waals surface area contributed by atoms with Gasteiger partial charge in [0.15, 0.2) is 23.2 Å². The average Bonchev–Trinajstić information content (AvgIpc) is 3.39. The number of nitrogens with two attached hydrogens (primary N) is 1. The zero-order valence-corrected chi connectivity index (χ0v) is 15.5. The van der Waals surface area contributed by atoms with Crippen LogP contribution in [0.1, 0.15) is 29.8 Å². The van der Waals surface area contributed by atoms with Gasteiger partial charge in [0, 0.05) is 0 Å². The standard InChI is InChI=1S/C19H22N6O4/c20-19-23-16(22-11-6-5-9-3-1-2-4-10(9)11)13-17(24-19)25(8-21-13)18-15(28)14(27)12(7-26)29-18/h1-4,8,11-12,14-15,18,26-28H,5-7H2,(H3,20,22,23,24)/t11-,12-,14-,15-,18-/m1/s1. The molecule has 0 spiro atoms. The number of anilines is 2. The van der Waals surface area contributed by atoms with Crippen LogP contribution in [0.15, 0.2) is 30.6 Å². The van der Waals surface area contributed by atoms with Crippen molar-refractivity contribution < 1.29 is 20.1 Å². The topological polar surface area (TPSA) is 152 Å². The highest BCUT2D eigenvalue weighted by Gasteiger charge is 2.44. The van der Waals surface area contributed by atoms with Gasteiger partial charge in [0.1, 0.15) is 18.3 Å². The van der Waals surface area contributed by atoms with E-state index in [1.165, 1.54) is 22.0 Å². The zero-order valence-electron chi connectivity index (χ0n) is 15.5. The molecule has 0 saturated carbocycles. The Labute approximate surface area is 166 Å². The average molecular weight is 398 g/mol. The molecule has 1 aliphatic heterocycles. The number of hydrogen-bond acceptors (Lipinski definition) is 9. The molecule has 3 heterocycles. The van der Waals surface area contributed by atoms with Crippen molar-refractivity contribution >= 4 is 22.9 Å². The molecule has 3 aromatic rings. The van der Waals surface area contributed by atoms with Gasteiger partial charge in [-0.05, 0) is 24.0 Å². The summed E-state index contributed by atoms with van der Waals surface area (Å²) in [7, 11) is 0. The van der Waals surface area contributed by atoms with Crippen LogP contribution in [0, 0.1) is 0 Å². The van der Waals surface area contributed by atoms with Crippen LogP contribution in [0.2, 0.25) is 0 Å². The number of imidazole rings is 1. The second-order valence-corrected chi connectivity index (χ2v) is 7.42. The van der Waals surface area contributed by atoms with Crippen LogP contribution in [-0.2, 0) is 11.2 Å². The van der Waals surface area contributed by atoms with Gasteiger partial charge in [-0.15, -0.1) is 0 Å². The molecule has 2 aromatic heterocycles. The summed E-state index contributed by atoms with van der Waals surface area (Å²) in [5.74, 6) is 0.555. The number of nitrogen functional groups attached to an aromatic ring is 1. The molecule has 0 amide bonds. The molecule has 0 bridgehead atoms. The summed E-state index contributed by atoms with van der Waals surface area (Å²) in [4.78, 5) is 13.0. The van der Waals surface area contributed by atoms with E-state index < -0.39 is 31.1 Å². The van der Waals surface area contributed by atoms with Gasteiger partial charge >= 0.3 is 0 Å². The Kier molecular flexibility index (Phi) is 4.36. The van der Waals surface area contributed by atoms with Crippen molar-refractivity contribution in [3.8, 4) is 0 Å². The van der Waals surface area contributed by atoms with Gasteiger partial charge in [0.2, 0.25) is 5.95 Å². The van der Waals surface area contributed by atoms with Gasteiger partial charge < -0.3 is 31.1 Å². The van der Waals surface area contributed by atoms with E-state index in [0.29, 0.717) is 17.0 Å². The number of aliphatic hydroxyl groups excluding tert-OH is 3. The van der Waals surface area contributed by atoms with Gasteiger partial charge in [-0.25, -0.2) is 4.98 Å². The molecule has 6 N–H and O–H groups in total. The Morgan fingerprint density at radius 1 is 1.21 bits per heavy atom. The zero-order chi connectivity index (χ0) is 20.1. The van der Waals surface area contributed by atoms with E-state index in [1.807, 2.05) is 12.1 Å². The minimum atomic E-state index is -1.24. The Morgan fingerprint density at radius 3 is 2.83 bits per heavy atom. The highest BCUT2D eigenvalue weighted by Crippen LogP contribution is 2.36. The third-order valence-electron chi connectivity index (χ3n) is 5.67. The number of fused-ring (bicyclic) bond motifs is 2. The predicted octanol–water partition coefficient (Wildman–Crippen LogP) is 0.119. The fourth-order valence-corrected chi connectivity index (χ4v) is 4.20. The van der Waals surface area contributed by atoms with E-state index in [9.17, 15) is 15.3 Å². The lowest BCUT2D eigenvalue weighted by Crippen LogP contribution is -2.33. The van der Waals surface area contributed by atoms with Crippen LogP contribution in [0.4, 0.5) is 11.8 Å². The van der Waals surface area contributed by atoms with Gasteiger partial charge in [0.05, 0.1) is 19.0 Å². The summed E-state index contributed by atoms with van der Waals surface area (Å²) in [5.41, 5.74) is 9.33. The second-order valence-electron chi connectivity index (χ2n) is 7.42. The Morgan fingerprint density at radius 2 is 2.03 bits per heavy atom. The molecule has 2 aliphatic rings. The minimum absolute atomic E-state index is 0.0553. The van der Waals surface area contributed by atoms with Gasteiger partial charge in [-0.1, -0.05) is 24.3 Å². The molecular weight excluding hydrogens is 376 g/mol. The normalized spacial score (nSPS) is 28.7. The summed E-state index contributed by atoms with van der Waals surface area (Å²) in [6.07, 6.45) is -0.907. The SMILES string of the molecule is Nc1nc(N[C@@H]2CCc3ccccc32)c2ncn([C@@H]3O[C@H](CO)[C@@H](O)[C@H]3O)c2n1. The summed E-state index contributed by atoms with van der Waals surface area (Å²) in [6, 6.07) is 8.35. The first-order valence-electron chi connectivity index (χ1n) is 9.53. The maximum Gasteiger partial charge on any atom is 0.224 e. The molecule has 10 nitrogen and oxygen atoms in total. The van der Waals surface area contributed by atoms with Crippen LogP contribution in [0.25, 0.3) is 11.2 Å². The summed E-state index contributed by atoms with van der Waals surface area (Å²) >= 11 is 0. The first-order valence-corrected chi connectivity index (χ1v) is 9.53. The highest BCUT2D eigenvalue weighted by atomic mass is 16.6. The fraction of sp³-hybridized carbons (Fsp3) is 0.421. The number of nitrogens with zero attached hydrogens (tertiary/aromatic N) is 4. The first-order chi connectivity index (χ1) is 14.1. The lowest BCUT2D eigenvalue weighted by molar-refractivity contribution is -0.0511. The maximum absolute atomic E-state index is 10.3. The molecule has 1 fully saturated rings. The lowest BCUT2D eigenvalue weighted by Gasteiger charge is -2.18. The van der Waals surface area contributed by atoms with E-state index in [0.717, 1.165) is 12.8 Å². The molecule has 1 aromatic carbocycles. The summed E-state index contributed by atoms with van der Waals surface area (Å²) in [6.45, 7) is -0.410. The van der Waals surface area contributed by atoms with Crippen molar-refractivity contribution in [3.63, 3.8) is 0 Å². The molecule has 152 valence electrons. The number of benzene rings is 1. The maximum atomic E-state index is 10.3. The molecular formula is C19H22N6O4. The Bertz CT molecular complexity index is 1060. The number of ether oxygens (including phenoxy) is 1. The molecule has 1 aliphatic carbocycles. The van der Waals surface area contributed by atoms with E-state index in [4.69, 9.17) is 10.5 Å². The quantitative estimate of drug-likeness (QED) is 0.412. The van der Waals surface area contributed by atoms with E-state index in [2.05, 4.69) is 32.4 Å². The first kappa shape index (κ1) is 18.3. The smallest absolute Gasteiger partial charge is 0.224 e. The second kappa shape index (κ2) is 6.92. The number of rotatable bonds is 4. The van der Waals surface area contributed by atoms with Crippen molar-refractivity contribution in [2.24, 2.45) is 0 Å². The van der Waals surface area contributed by atoms with E-state index in [1.54, 1.807) is 0 Å². The predicted molar refractivity (Wildman–Crippen MR) is 104 cm³/mol. The van der Waals surface area contributed by atoms with Crippen molar-refractivity contribution in [1.29, 1.82) is 0 Å². The largest absolute Gasteiger partial charge is 0.394 e. The number of hydrogen-bond donors (Lipinski definition) is 5. The summed E-state index contributed by atoms with van der Waals surface area (Å²) in [5, 5.41) is 33.2. The van der Waals surface area contributed by atoms with E-state index >= 15 is 0 Å². The minimum Gasteiger partial charge on any atom is -0.394 e. The number of aryl methyl sites for hydroxylation is 1. The van der Waals surface area contributed by atoms with Crippen molar-refractivity contribution in [2.45, 2.75) is 43.4 Å². The molecule has 1 saturated heterocycles. The van der Waals surface area contributed by atoms with E-state index in [-0.39, 0.29) is 12.0 Å².